The van der Waals surface area contributed by atoms with Crippen molar-refractivity contribution in [2.24, 2.45) is 0 Å². The van der Waals surface area contributed by atoms with Crippen molar-refractivity contribution in [1.29, 1.82) is 0 Å². The Labute approximate surface area is 211 Å². The summed E-state index contributed by atoms with van der Waals surface area (Å²) in [5.74, 6) is -0.405. The summed E-state index contributed by atoms with van der Waals surface area (Å²) >= 11 is 0. The van der Waals surface area contributed by atoms with Gasteiger partial charge in [0.05, 0.1) is 0 Å². The summed E-state index contributed by atoms with van der Waals surface area (Å²) in [4.78, 5) is 15.2. The van der Waals surface area contributed by atoms with Crippen LogP contribution in [0.1, 0.15) is 33.5 Å². The highest BCUT2D eigenvalue weighted by Gasteiger charge is 2.14. The smallest absolute Gasteiger partial charge is 0.255 e. The first kappa shape index (κ1) is 23.7. The molecule has 0 aromatic heterocycles. The summed E-state index contributed by atoms with van der Waals surface area (Å²) < 4.78 is 13.2. The van der Waals surface area contributed by atoms with Crippen LogP contribution >= 0.6 is 0 Å². The second-order valence-electron chi connectivity index (χ2n) is 9.41. The van der Waals surface area contributed by atoms with E-state index in [1.807, 2.05) is 24.3 Å². The molecule has 0 aliphatic heterocycles. The Balaban J connectivity index is 1.21. The molecule has 0 radical (unpaired) electrons. The molecule has 5 rings (SSSR count). The third-order valence-electron chi connectivity index (χ3n) is 6.57. The van der Waals surface area contributed by atoms with Crippen LogP contribution in [0.15, 0.2) is 103 Å². The van der Waals surface area contributed by atoms with Crippen LogP contribution in [-0.2, 0) is 13.0 Å². The van der Waals surface area contributed by atoms with Gasteiger partial charge in [-0.25, -0.2) is 4.39 Å². The van der Waals surface area contributed by atoms with E-state index in [1.54, 1.807) is 24.3 Å². The Bertz CT molecular complexity index is 1380. The Hall–Kier alpha value is -4.02. The zero-order chi connectivity index (χ0) is 24.9. The molecule has 1 amide bonds. The number of rotatable bonds is 7. The number of hydrogen-bond donors (Lipinski definition) is 1. The largest absolute Gasteiger partial charge is 0.322 e. The number of halogens is 1. The van der Waals surface area contributed by atoms with Gasteiger partial charge in [0, 0.05) is 24.3 Å². The van der Waals surface area contributed by atoms with Gasteiger partial charge in [0.15, 0.2) is 0 Å². The monoisotopic (exact) mass is 476 g/mol. The second kappa shape index (κ2) is 10.7. The Morgan fingerprint density at radius 2 is 1.53 bits per heavy atom. The van der Waals surface area contributed by atoms with Crippen molar-refractivity contribution in [2.45, 2.75) is 19.4 Å². The number of carbonyl (C=O) groups excluding carboxylic acids is 1. The van der Waals surface area contributed by atoms with Crippen molar-refractivity contribution in [3.63, 3.8) is 0 Å². The molecule has 36 heavy (non-hydrogen) atoms. The summed E-state index contributed by atoms with van der Waals surface area (Å²) in [6.45, 7) is 1.88. The summed E-state index contributed by atoms with van der Waals surface area (Å²) in [6, 6.07) is 30.4. The average molecular weight is 477 g/mol. The first-order valence-corrected chi connectivity index (χ1v) is 12.3. The number of benzene rings is 4. The molecule has 1 aliphatic carbocycles. The lowest BCUT2D eigenvalue weighted by Gasteiger charge is -2.23. The van der Waals surface area contributed by atoms with Gasteiger partial charge in [-0.15, -0.1) is 0 Å². The minimum absolute atomic E-state index is 0.143. The van der Waals surface area contributed by atoms with Gasteiger partial charge in [-0.05, 0) is 84.1 Å². The Morgan fingerprint density at radius 1 is 0.833 bits per heavy atom. The Morgan fingerprint density at radius 3 is 2.25 bits per heavy atom. The maximum absolute atomic E-state index is 13.2. The molecule has 0 unspecified atom stereocenters. The van der Waals surface area contributed by atoms with Crippen LogP contribution < -0.4 is 5.32 Å². The van der Waals surface area contributed by atoms with E-state index in [9.17, 15) is 9.18 Å². The van der Waals surface area contributed by atoms with Gasteiger partial charge in [0.2, 0.25) is 0 Å². The number of amides is 1. The minimum Gasteiger partial charge on any atom is -0.322 e. The van der Waals surface area contributed by atoms with Crippen LogP contribution in [0.5, 0.6) is 0 Å². The standard InChI is InChI=1S/C32H29FN2O/c1-35(21-23-5-3-2-4-6-23)22-24-7-8-29-20-31(18-15-28(29)19-24)34-32(36)27-11-9-25(10-12-27)26-13-16-30(33)17-14-26/h2-6,9-20H,7-8,21-22H2,1H3,(H,34,36). The summed E-state index contributed by atoms with van der Waals surface area (Å²) in [5, 5.41) is 3.03. The number of fused-ring (bicyclic) bond motifs is 1. The van der Waals surface area contributed by atoms with Gasteiger partial charge in [0.1, 0.15) is 5.82 Å². The van der Waals surface area contributed by atoms with Crippen molar-refractivity contribution in [3.05, 3.63) is 131 Å². The first-order chi connectivity index (χ1) is 17.5. The van der Waals surface area contributed by atoms with Gasteiger partial charge < -0.3 is 5.32 Å². The van der Waals surface area contributed by atoms with E-state index in [0.29, 0.717) is 5.56 Å². The molecule has 0 spiro atoms. The number of likely N-dealkylation sites (N-methyl/N-ethyl adjacent to an activating group) is 1. The van der Waals surface area contributed by atoms with Crippen LogP contribution in [0.25, 0.3) is 17.2 Å². The molecule has 0 atom stereocenters. The molecule has 4 aromatic carbocycles. The predicted octanol–water partition coefficient (Wildman–Crippen LogP) is 7.21. The van der Waals surface area contributed by atoms with E-state index in [0.717, 1.165) is 42.7 Å². The number of nitrogens with one attached hydrogen (secondary N) is 1. The molecular weight excluding hydrogens is 447 g/mol. The molecular formula is C32H29FN2O. The van der Waals surface area contributed by atoms with E-state index in [-0.39, 0.29) is 11.7 Å². The molecule has 0 bridgehead atoms. The van der Waals surface area contributed by atoms with Gasteiger partial charge in [-0.2, -0.15) is 0 Å². The number of anilines is 1. The van der Waals surface area contributed by atoms with E-state index >= 15 is 0 Å². The molecule has 1 aliphatic rings. The molecule has 0 saturated carbocycles. The highest BCUT2D eigenvalue weighted by Crippen LogP contribution is 2.28. The van der Waals surface area contributed by atoms with Crippen LogP contribution in [0.3, 0.4) is 0 Å². The predicted molar refractivity (Wildman–Crippen MR) is 145 cm³/mol. The molecule has 0 fully saturated rings. The number of carbonyl (C=O) groups is 1. The average Bonchev–Trinajstić information content (AvgIpc) is 2.90. The SMILES string of the molecule is CN(CC1=Cc2ccc(NC(=O)c3ccc(-c4ccc(F)cc4)cc3)cc2CC1)Cc1ccccc1. The van der Waals surface area contributed by atoms with Gasteiger partial charge in [-0.3, -0.25) is 9.69 Å². The minimum atomic E-state index is -0.262. The fourth-order valence-electron chi connectivity index (χ4n) is 4.71. The number of aryl methyl sites for hydroxylation is 1. The lowest BCUT2D eigenvalue weighted by molar-refractivity contribution is 0.102. The topological polar surface area (TPSA) is 32.3 Å². The maximum atomic E-state index is 13.2. The molecule has 4 aromatic rings. The van der Waals surface area contributed by atoms with Gasteiger partial charge in [0.25, 0.3) is 5.91 Å². The quantitative estimate of drug-likeness (QED) is 0.306. The van der Waals surface area contributed by atoms with Crippen molar-refractivity contribution >= 4 is 17.7 Å². The van der Waals surface area contributed by atoms with E-state index < -0.39 is 0 Å². The Kier molecular flexibility index (Phi) is 7.06. The van der Waals surface area contributed by atoms with E-state index in [4.69, 9.17) is 0 Å². The van der Waals surface area contributed by atoms with Crippen molar-refractivity contribution < 1.29 is 9.18 Å². The molecule has 180 valence electrons. The molecule has 4 heteroatoms. The van der Waals surface area contributed by atoms with Gasteiger partial charge in [-0.1, -0.05) is 72.3 Å². The van der Waals surface area contributed by atoms with Crippen molar-refractivity contribution in [2.75, 3.05) is 18.9 Å². The summed E-state index contributed by atoms with van der Waals surface area (Å²) in [6.07, 6.45) is 4.28. The molecule has 3 nitrogen and oxygen atoms in total. The van der Waals surface area contributed by atoms with Gasteiger partial charge >= 0.3 is 0 Å². The zero-order valence-corrected chi connectivity index (χ0v) is 20.4. The lowest BCUT2D eigenvalue weighted by atomic mass is 9.91. The third-order valence-corrected chi connectivity index (χ3v) is 6.57. The van der Waals surface area contributed by atoms with E-state index in [1.165, 1.54) is 34.4 Å². The zero-order valence-electron chi connectivity index (χ0n) is 20.4. The van der Waals surface area contributed by atoms with Crippen molar-refractivity contribution in [1.82, 2.24) is 4.90 Å². The highest BCUT2D eigenvalue weighted by molar-refractivity contribution is 6.04. The fraction of sp³-hybridized carbons (Fsp3) is 0.156. The van der Waals surface area contributed by atoms with Crippen LogP contribution in [0.4, 0.5) is 10.1 Å². The van der Waals surface area contributed by atoms with Crippen molar-refractivity contribution in [3.8, 4) is 11.1 Å². The fourth-order valence-corrected chi connectivity index (χ4v) is 4.71. The normalized spacial score (nSPS) is 12.7. The highest BCUT2D eigenvalue weighted by atomic mass is 19.1. The van der Waals surface area contributed by atoms with E-state index in [2.05, 4.69) is 59.7 Å². The lowest BCUT2D eigenvalue weighted by Crippen LogP contribution is -2.21. The summed E-state index contributed by atoms with van der Waals surface area (Å²) in [5.41, 5.74) is 8.48. The second-order valence-corrected chi connectivity index (χ2v) is 9.41. The number of nitrogens with zero attached hydrogens (tertiary/aromatic N) is 1. The maximum Gasteiger partial charge on any atom is 0.255 e. The molecule has 1 N–H and O–H groups in total. The molecule has 0 heterocycles. The van der Waals surface area contributed by atoms with Crippen LogP contribution in [-0.4, -0.2) is 24.4 Å². The molecule has 0 saturated heterocycles. The summed E-state index contributed by atoms with van der Waals surface area (Å²) in [7, 11) is 2.16. The van der Waals surface area contributed by atoms with Crippen LogP contribution in [0, 0.1) is 5.82 Å². The number of hydrogen-bond acceptors (Lipinski definition) is 2. The third kappa shape index (κ3) is 5.78. The van der Waals surface area contributed by atoms with Crippen LogP contribution in [0.2, 0.25) is 0 Å². The first-order valence-electron chi connectivity index (χ1n) is 12.3.